The standard InChI is InChI=1S/C26H34N2O4/c1-4-19(2)27-26(30)20(3)28(15-14-21-8-6-5-7-9-21)25(29)13-11-22-10-12-23-24(18-22)32-17-16-31-23/h5-10,12,18-20H,4,11,13-17H2,1-3H3,(H,27,30)/t19-,20+/m1/s1. The third-order valence-electron chi connectivity index (χ3n) is 5.89. The number of amides is 2. The fraction of sp³-hybridized carbons (Fsp3) is 0.462. The molecular formula is C26H34N2O4. The van der Waals surface area contributed by atoms with E-state index in [9.17, 15) is 9.59 Å². The molecule has 0 radical (unpaired) electrons. The molecule has 6 nitrogen and oxygen atoms in total. The summed E-state index contributed by atoms with van der Waals surface area (Å²) < 4.78 is 11.2. The van der Waals surface area contributed by atoms with Gasteiger partial charge in [0.05, 0.1) is 0 Å². The van der Waals surface area contributed by atoms with Gasteiger partial charge in [-0.2, -0.15) is 0 Å². The molecule has 2 amide bonds. The second-order valence-electron chi connectivity index (χ2n) is 8.29. The number of hydrogen-bond donors (Lipinski definition) is 1. The van der Waals surface area contributed by atoms with Crippen molar-refractivity contribution in [2.24, 2.45) is 0 Å². The van der Waals surface area contributed by atoms with Gasteiger partial charge in [-0.15, -0.1) is 0 Å². The number of ether oxygens (including phenoxy) is 2. The first-order valence-corrected chi connectivity index (χ1v) is 11.5. The molecule has 1 heterocycles. The average Bonchev–Trinajstić information content (AvgIpc) is 2.83. The van der Waals surface area contributed by atoms with E-state index in [0.717, 1.165) is 29.0 Å². The average molecular weight is 439 g/mol. The van der Waals surface area contributed by atoms with E-state index in [2.05, 4.69) is 5.32 Å². The van der Waals surface area contributed by atoms with Crippen molar-refractivity contribution in [1.29, 1.82) is 0 Å². The molecule has 3 rings (SSSR count). The summed E-state index contributed by atoms with van der Waals surface area (Å²) in [5, 5.41) is 3.01. The first-order valence-electron chi connectivity index (χ1n) is 11.5. The predicted molar refractivity (Wildman–Crippen MR) is 125 cm³/mol. The predicted octanol–water partition coefficient (Wildman–Crippen LogP) is 3.76. The van der Waals surface area contributed by atoms with E-state index in [-0.39, 0.29) is 17.9 Å². The second kappa shape index (κ2) is 11.6. The number of carbonyl (C=O) groups is 2. The molecule has 0 spiro atoms. The zero-order valence-electron chi connectivity index (χ0n) is 19.3. The molecule has 0 unspecified atom stereocenters. The smallest absolute Gasteiger partial charge is 0.242 e. The van der Waals surface area contributed by atoms with Crippen LogP contribution in [0, 0.1) is 0 Å². The number of benzene rings is 2. The van der Waals surface area contributed by atoms with Crippen molar-refractivity contribution < 1.29 is 19.1 Å². The summed E-state index contributed by atoms with van der Waals surface area (Å²) >= 11 is 0. The molecule has 1 aliphatic heterocycles. The highest BCUT2D eigenvalue weighted by molar-refractivity contribution is 5.87. The molecule has 0 aliphatic carbocycles. The van der Waals surface area contributed by atoms with Crippen LogP contribution in [0.25, 0.3) is 0 Å². The summed E-state index contributed by atoms with van der Waals surface area (Å²) in [5.74, 6) is 1.33. The Morgan fingerprint density at radius 3 is 2.41 bits per heavy atom. The molecule has 32 heavy (non-hydrogen) atoms. The number of rotatable bonds is 10. The Hall–Kier alpha value is -3.02. The second-order valence-corrected chi connectivity index (χ2v) is 8.29. The van der Waals surface area contributed by atoms with E-state index < -0.39 is 6.04 Å². The minimum absolute atomic E-state index is 0.0254. The van der Waals surface area contributed by atoms with Crippen LogP contribution in [-0.4, -0.2) is 48.6 Å². The van der Waals surface area contributed by atoms with Crippen LogP contribution in [0.3, 0.4) is 0 Å². The lowest BCUT2D eigenvalue weighted by Crippen LogP contribution is -2.50. The van der Waals surface area contributed by atoms with Crippen LogP contribution in [0.5, 0.6) is 11.5 Å². The number of carbonyl (C=O) groups excluding carboxylic acids is 2. The van der Waals surface area contributed by atoms with Gasteiger partial charge in [-0.3, -0.25) is 9.59 Å². The highest BCUT2D eigenvalue weighted by Crippen LogP contribution is 2.31. The fourth-order valence-corrected chi connectivity index (χ4v) is 3.67. The van der Waals surface area contributed by atoms with Crippen molar-refractivity contribution in [3.8, 4) is 11.5 Å². The van der Waals surface area contributed by atoms with Crippen LogP contribution in [0.1, 0.15) is 44.7 Å². The maximum absolute atomic E-state index is 13.2. The summed E-state index contributed by atoms with van der Waals surface area (Å²) in [7, 11) is 0. The van der Waals surface area contributed by atoms with Gasteiger partial charge in [-0.05, 0) is 56.4 Å². The third kappa shape index (κ3) is 6.49. The number of nitrogens with one attached hydrogen (secondary N) is 1. The first-order chi connectivity index (χ1) is 15.5. The van der Waals surface area contributed by atoms with Crippen LogP contribution in [0.15, 0.2) is 48.5 Å². The van der Waals surface area contributed by atoms with Crippen molar-refractivity contribution in [3.63, 3.8) is 0 Å². The van der Waals surface area contributed by atoms with Gasteiger partial charge < -0.3 is 19.7 Å². The van der Waals surface area contributed by atoms with Gasteiger partial charge in [0.2, 0.25) is 11.8 Å². The van der Waals surface area contributed by atoms with Gasteiger partial charge in [-0.1, -0.05) is 43.3 Å². The van der Waals surface area contributed by atoms with Crippen LogP contribution in [-0.2, 0) is 22.4 Å². The molecule has 1 aliphatic rings. The van der Waals surface area contributed by atoms with Gasteiger partial charge in [0, 0.05) is 19.0 Å². The minimum Gasteiger partial charge on any atom is -0.486 e. The van der Waals surface area contributed by atoms with Gasteiger partial charge in [-0.25, -0.2) is 0 Å². The molecule has 0 saturated carbocycles. The zero-order valence-corrected chi connectivity index (χ0v) is 19.3. The number of hydrogen-bond acceptors (Lipinski definition) is 4. The highest BCUT2D eigenvalue weighted by Gasteiger charge is 2.26. The molecule has 172 valence electrons. The van der Waals surface area contributed by atoms with Gasteiger partial charge >= 0.3 is 0 Å². The topological polar surface area (TPSA) is 67.9 Å². The fourth-order valence-electron chi connectivity index (χ4n) is 3.67. The molecule has 6 heteroatoms. The summed E-state index contributed by atoms with van der Waals surface area (Å²) in [5.41, 5.74) is 2.16. The lowest BCUT2D eigenvalue weighted by molar-refractivity contribution is -0.140. The molecule has 2 aromatic rings. The summed E-state index contributed by atoms with van der Waals surface area (Å²) in [4.78, 5) is 27.7. The molecule has 2 aromatic carbocycles. The lowest BCUT2D eigenvalue weighted by atomic mass is 10.1. The SMILES string of the molecule is CC[C@@H](C)NC(=O)[C@H](C)N(CCc1ccccc1)C(=O)CCc1ccc2c(c1)OCCO2. The van der Waals surface area contributed by atoms with Crippen molar-refractivity contribution in [1.82, 2.24) is 10.2 Å². The van der Waals surface area contributed by atoms with Crippen molar-refractivity contribution >= 4 is 11.8 Å². The number of fused-ring (bicyclic) bond motifs is 1. The van der Waals surface area contributed by atoms with E-state index in [0.29, 0.717) is 39.0 Å². The molecule has 0 saturated heterocycles. The van der Waals surface area contributed by atoms with Crippen molar-refractivity contribution in [2.75, 3.05) is 19.8 Å². The minimum atomic E-state index is -0.527. The van der Waals surface area contributed by atoms with Crippen molar-refractivity contribution in [2.45, 2.75) is 58.5 Å². The Morgan fingerprint density at radius 2 is 1.69 bits per heavy atom. The highest BCUT2D eigenvalue weighted by atomic mass is 16.6. The Labute approximate surface area is 190 Å². The van der Waals surface area contributed by atoms with Gasteiger partial charge in [0.25, 0.3) is 0 Å². The number of aryl methyl sites for hydroxylation is 1. The zero-order chi connectivity index (χ0) is 22.9. The summed E-state index contributed by atoms with van der Waals surface area (Å²) in [6.45, 7) is 7.40. The van der Waals surface area contributed by atoms with Crippen LogP contribution >= 0.6 is 0 Å². The Morgan fingerprint density at radius 1 is 0.969 bits per heavy atom. The molecule has 0 fully saturated rings. The van der Waals surface area contributed by atoms with Crippen molar-refractivity contribution in [3.05, 3.63) is 59.7 Å². The Kier molecular flexibility index (Phi) is 8.54. The van der Waals surface area contributed by atoms with Crippen LogP contribution in [0.4, 0.5) is 0 Å². The largest absolute Gasteiger partial charge is 0.486 e. The lowest BCUT2D eigenvalue weighted by Gasteiger charge is -2.30. The van der Waals surface area contributed by atoms with E-state index >= 15 is 0 Å². The van der Waals surface area contributed by atoms with Gasteiger partial charge in [0.1, 0.15) is 19.3 Å². The Bertz CT molecular complexity index is 900. The van der Waals surface area contributed by atoms with Gasteiger partial charge in [0.15, 0.2) is 11.5 Å². The molecule has 2 atom stereocenters. The van der Waals surface area contributed by atoms with Crippen LogP contribution < -0.4 is 14.8 Å². The first kappa shape index (κ1) is 23.6. The van der Waals surface area contributed by atoms with E-state index in [4.69, 9.17) is 9.47 Å². The quantitative estimate of drug-likeness (QED) is 0.613. The van der Waals surface area contributed by atoms with E-state index in [1.807, 2.05) is 69.3 Å². The number of nitrogens with zero attached hydrogens (tertiary/aromatic N) is 1. The normalized spacial score (nSPS) is 14.3. The molecular weight excluding hydrogens is 404 g/mol. The Balaban J connectivity index is 1.66. The third-order valence-corrected chi connectivity index (χ3v) is 5.89. The monoisotopic (exact) mass is 438 g/mol. The summed E-state index contributed by atoms with van der Waals surface area (Å²) in [6.07, 6.45) is 2.46. The van der Waals surface area contributed by atoms with E-state index in [1.54, 1.807) is 4.90 Å². The van der Waals surface area contributed by atoms with E-state index in [1.165, 1.54) is 0 Å². The maximum Gasteiger partial charge on any atom is 0.242 e. The molecule has 1 N–H and O–H groups in total. The molecule has 0 bridgehead atoms. The molecule has 0 aromatic heterocycles. The maximum atomic E-state index is 13.2. The summed E-state index contributed by atoms with van der Waals surface area (Å²) in [6, 6.07) is 15.4. The van der Waals surface area contributed by atoms with Crippen LogP contribution in [0.2, 0.25) is 0 Å².